The molecular weight excluding hydrogens is 306 g/mol. The van der Waals surface area contributed by atoms with Crippen LogP contribution >= 0.6 is 0 Å². The van der Waals surface area contributed by atoms with Crippen LogP contribution in [0.2, 0.25) is 0 Å². The molecule has 2 N–H and O–H groups in total. The zero-order valence-corrected chi connectivity index (χ0v) is 14.3. The van der Waals surface area contributed by atoms with E-state index in [2.05, 4.69) is 15.6 Å². The van der Waals surface area contributed by atoms with Crippen LogP contribution < -0.4 is 10.6 Å². The number of hydrogen-bond donors (Lipinski definition) is 2. The molecule has 0 spiro atoms. The van der Waals surface area contributed by atoms with E-state index < -0.39 is 0 Å². The van der Waals surface area contributed by atoms with E-state index in [0.717, 1.165) is 32.1 Å². The highest BCUT2D eigenvalue weighted by atomic mass is 16.5. The molecule has 132 valence electrons. The summed E-state index contributed by atoms with van der Waals surface area (Å²) in [4.78, 5) is 28.6. The number of ether oxygens (including phenoxy) is 1. The van der Waals surface area contributed by atoms with Crippen molar-refractivity contribution in [3.63, 3.8) is 0 Å². The number of pyridine rings is 1. The van der Waals surface area contributed by atoms with E-state index in [9.17, 15) is 9.59 Å². The number of nitrogens with one attached hydrogen (secondary N) is 2. The highest BCUT2D eigenvalue weighted by Gasteiger charge is 2.17. The summed E-state index contributed by atoms with van der Waals surface area (Å²) >= 11 is 0. The van der Waals surface area contributed by atoms with Gasteiger partial charge in [0.15, 0.2) is 0 Å². The molecule has 1 aliphatic rings. The fourth-order valence-electron chi connectivity index (χ4n) is 2.90. The molecule has 6 heteroatoms. The van der Waals surface area contributed by atoms with Crippen molar-refractivity contribution in [2.45, 2.75) is 51.0 Å². The van der Waals surface area contributed by atoms with Gasteiger partial charge in [0, 0.05) is 38.1 Å². The highest BCUT2D eigenvalue weighted by molar-refractivity contribution is 5.98. The Kier molecular flexibility index (Phi) is 7.68. The average molecular weight is 333 g/mol. The van der Waals surface area contributed by atoms with Crippen molar-refractivity contribution in [3.8, 4) is 0 Å². The summed E-state index contributed by atoms with van der Waals surface area (Å²) in [6.45, 7) is 1.14. The molecule has 0 bridgehead atoms. The summed E-state index contributed by atoms with van der Waals surface area (Å²) in [7, 11) is 1.63. The van der Waals surface area contributed by atoms with Gasteiger partial charge >= 0.3 is 0 Å². The standard InChI is InChI=1S/C18H27N3O3/c1-24-12-6-10-20-17(22)14-9-11-19-16(13-14)18(23)21-15-7-4-2-3-5-8-15/h9,11,13,15H,2-8,10,12H2,1H3,(H,20,22)(H,21,23). The molecular formula is C18H27N3O3. The number of nitrogens with zero attached hydrogens (tertiary/aromatic N) is 1. The molecule has 2 rings (SSSR count). The molecule has 24 heavy (non-hydrogen) atoms. The third-order valence-corrected chi connectivity index (χ3v) is 4.26. The van der Waals surface area contributed by atoms with Gasteiger partial charge in [0.2, 0.25) is 0 Å². The zero-order chi connectivity index (χ0) is 17.2. The fraction of sp³-hybridized carbons (Fsp3) is 0.611. The van der Waals surface area contributed by atoms with Gasteiger partial charge in [-0.3, -0.25) is 14.6 Å². The summed E-state index contributed by atoms with van der Waals surface area (Å²) in [6, 6.07) is 3.39. The lowest BCUT2D eigenvalue weighted by Crippen LogP contribution is -2.35. The molecule has 1 saturated carbocycles. The monoisotopic (exact) mass is 333 g/mol. The van der Waals surface area contributed by atoms with E-state index in [0.29, 0.717) is 24.4 Å². The molecule has 1 heterocycles. The molecule has 0 saturated heterocycles. The third kappa shape index (κ3) is 5.92. The van der Waals surface area contributed by atoms with Crippen molar-refractivity contribution < 1.29 is 14.3 Å². The largest absolute Gasteiger partial charge is 0.385 e. The summed E-state index contributed by atoms with van der Waals surface area (Å²) < 4.78 is 4.95. The van der Waals surface area contributed by atoms with Crippen LogP contribution in [-0.2, 0) is 4.74 Å². The first kappa shape index (κ1) is 18.4. The minimum absolute atomic E-state index is 0.197. The molecule has 2 amide bonds. The molecule has 6 nitrogen and oxygen atoms in total. The van der Waals surface area contributed by atoms with Crippen molar-refractivity contribution >= 4 is 11.8 Å². The predicted octanol–water partition coefficient (Wildman–Crippen LogP) is 2.30. The molecule has 1 aromatic rings. The number of amides is 2. The second kappa shape index (κ2) is 10.0. The van der Waals surface area contributed by atoms with Crippen LogP contribution in [0.15, 0.2) is 18.3 Å². The first-order chi connectivity index (χ1) is 11.7. The van der Waals surface area contributed by atoms with E-state index in [1.807, 2.05) is 0 Å². The molecule has 0 unspecified atom stereocenters. The highest BCUT2D eigenvalue weighted by Crippen LogP contribution is 2.17. The molecule has 0 aliphatic heterocycles. The molecule has 0 atom stereocenters. The van der Waals surface area contributed by atoms with Crippen LogP contribution in [-0.4, -0.2) is 43.1 Å². The number of carbonyl (C=O) groups is 2. The maximum atomic E-state index is 12.4. The molecule has 1 fully saturated rings. The first-order valence-corrected chi connectivity index (χ1v) is 8.75. The quantitative estimate of drug-likeness (QED) is 0.593. The Hall–Kier alpha value is -1.95. The Labute approximate surface area is 143 Å². The Morgan fingerprint density at radius 1 is 1.21 bits per heavy atom. The minimum Gasteiger partial charge on any atom is -0.385 e. The second-order valence-corrected chi connectivity index (χ2v) is 6.19. The van der Waals surface area contributed by atoms with Crippen LogP contribution in [0.3, 0.4) is 0 Å². The molecule has 0 aromatic carbocycles. The Balaban J connectivity index is 1.90. The van der Waals surface area contributed by atoms with Crippen LogP contribution in [0.5, 0.6) is 0 Å². The maximum Gasteiger partial charge on any atom is 0.270 e. The summed E-state index contributed by atoms with van der Waals surface area (Å²) in [5.74, 6) is -0.395. The van der Waals surface area contributed by atoms with Gasteiger partial charge in [-0.25, -0.2) is 0 Å². The first-order valence-electron chi connectivity index (χ1n) is 8.75. The van der Waals surface area contributed by atoms with Gasteiger partial charge in [0.1, 0.15) is 5.69 Å². The summed E-state index contributed by atoms with van der Waals surface area (Å²) in [5.41, 5.74) is 0.747. The smallest absolute Gasteiger partial charge is 0.270 e. The van der Waals surface area contributed by atoms with Crippen LogP contribution in [0.4, 0.5) is 0 Å². The van der Waals surface area contributed by atoms with Gasteiger partial charge in [-0.1, -0.05) is 25.7 Å². The predicted molar refractivity (Wildman–Crippen MR) is 92.0 cm³/mol. The average Bonchev–Trinajstić information content (AvgIpc) is 2.87. The maximum absolute atomic E-state index is 12.4. The lowest BCUT2D eigenvalue weighted by Gasteiger charge is -2.16. The van der Waals surface area contributed by atoms with Crippen molar-refractivity contribution in [1.29, 1.82) is 0 Å². The second-order valence-electron chi connectivity index (χ2n) is 6.19. The Morgan fingerprint density at radius 2 is 1.96 bits per heavy atom. The SMILES string of the molecule is COCCCNC(=O)c1ccnc(C(=O)NC2CCCCCC2)c1. The van der Waals surface area contributed by atoms with E-state index in [-0.39, 0.29) is 17.9 Å². The lowest BCUT2D eigenvalue weighted by molar-refractivity contribution is 0.0928. The summed E-state index contributed by atoms with van der Waals surface area (Å²) in [5, 5.41) is 5.86. The molecule has 1 aromatic heterocycles. The van der Waals surface area contributed by atoms with E-state index in [1.165, 1.54) is 19.0 Å². The number of methoxy groups -OCH3 is 1. The van der Waals surface area contributed by atoms with Gasteiger partial charge < -0.3 is 15.4 Å². The van der Waals surface area contributed by atoms with Crippen LogP contribution in [0, 0.1) is 0 Å². The number of hydrogen-bond acceptors (Lipinski definition) is 4. The molecule has 0 radical (unpaired) electrons. The van der Waals surface area contributed by atoms with Crippen molar-refractivity contribution in [2.24, 2.45) is 0 Å². The topological polar surface area (TPSA) is 80.3 Å². The number of aromatic nitrogens is 1. The van der Waals surface area contributed by atoms with E-state index >= 15 is 0 Å². The van der Waals surface area contributed by atoms with Crippen molar-refractivity contribution in [3.05, 3.63) is 29.6 Å². The fourth-order valence-corrected chi connectivity index (χ4v) is 2.90. The number of rotatable bonds is 7. The Bertz CT molecular complexity index is 540. The summed E-state index contributed by atoms with van der Waals surface area (Å²) in [6.07, 6.45) is 9.09. The van der Waals surface area contributed by atoms with E-state index in [4.69, 9.17) is 4.74 Å². The van der Waals surface area contributed by atoms with Gasteiger partial charge in [-0.2, -0.15) is 0 Å². The van der Waals surface area contributed by atoms with Gasteiger partial charge in [0.25, 0.3) is 11.8 Å². The van der Waals surface area contributed by atoms with Gasteiger partial charge in [-0.05, 0) is 31.4 Å². The molecule has 1 aliphatic carbocycles. The third-order valence-electron chi connectivity index (χ3n) is 4.26. The van der Waals surface area contributed by atoms with Gasteiger partial charge in [-0.15, -0.1) is 0 Å². The zero-order valence-electron chi connectivity index (χ0n) is 14.3. The van der Waals surface area contributed by atoms with E-state index in [1.54, 1.807) is 19.2 Å². The normalized spacial score (nSPS) is 15.5. The number of carbonyl (C=O) groups excluding carboxylic acids is 2. The van der Waals surface area contributed by atoms with Gasteiger partial charge in [0.05, 0.1) is 0 Å². The lowest BCUT2D eigenvalue weighted by atomic mass is 10.1. The van der Waals surface area contributed by atoms with Crippen LogP contribution in [0.25, 0.3) is 0 Å². The van der Waals surface area contributed by atoms with Crippen LogP contribution in [0.1, 0.15) is 65.8 Å². The van der Waals surface area contributed by atoms with Crippen molar-refractivity contribution in [2.75, 3.05) is 20.3 Å². The minimum atomic E-state index is -0.198. The Morgan fingerprint density at radius 3 is 2.67 bits per heavy atom. The van der Waals surface area contributed by atoms with Crippen molar-refractivity contribution in [1.82, 2.24) is 15.6 Å².